The molecule has 1 heterocycles. The van der Waals surface area contributed by atoms with E-state index in [2.05, 4.69) is 4.90 Å². The molecule has 1 aliphatic heterocycles. The Hall–Kier alpha value is -0.610. The summed E-state index contributed by atoms with van der Waals surface area (Å²) in [6.45, 7) is 5.80. The Morgan fingerprint density at radius 1 is 1.71 bits per heavy atom. The van der Waals surface area contributed by atoms with E-state index in [0.29, 0.717) is 19.6 Å². The summed E-state index contributed by atoms with van der Waals surface area (Å²) < 4.78 is 4.87. The zero-order chi connectivity index (χ0) is 10.6. The largest absolute Gasteiger partial charge is 0.466 e. The van der Waals surface area contributed by atoms with Gasteiger partial charge in [-0.1, -0.05) is 0 Å². The lowest BCUT2D eigenvalue weighted by atomic mass is 10.2. The van der Waals surface area contributed by atoms with E-state index in [1.54, 1.807) is 0 Å². The van der Waals surface area contributed by atoms with Crippen LogP contribution in [0.5, 0.6) is 0 Å². The summed E-state index contributed by atoms with van der Waals surface area (Å²) in [4.78, 5) is 13.3. The van der Waals surface area contributed by atoms with Gasteiger partial charge in [-0.05, 0) is 20.3 Å². The van der Waals surface area contributed by atoms with Gasteiger partial charge in [0.2, 0.25) is 0 Å². The molecule has 0 radical (unpaired) electrons. The van der Waals surface area contributed by atoms with Crippen LogP contribution in [0.15, 0.2) is 0 Å². The van der Waals surface area contributed by atoms with Crippen molar-refractivity contribution in [2.24, 2.45) is 0 Å². The number of hydrogen-bond donors (Lipinski definition) is 1. The van der Waals surface area contributed by atoms with E-state index < -0.39 is 0 Å². The van der Waals surface area contributed by atoms with Crippen molar-refractivity contribution in [1.82, 2.24) is 4.90 Å². The Morgan fingerprint density at radius 2 is 2.43 bits per heavy atom. The highest BCUT2D eigenvalue weighted by Crippen LogP contribution is 2.14. The van der Waals surface area contributed by atoms with Gasteiger partial charge in [0.25, 0.3) is 0 Å². The summed E-state index contributed by atoms with van der Waals surface area (Å²) in [5.74, 6) is -0.151. The molecule has 1 aliphatic rings. The maximum absolute atomic E-state index is 11.2. The third-order valence-corrected chi connectivity index (χ3v) is 2.59. The van der Waals surface area contributed by atoms with Crippen LogP contribution in [0.3, 0.4) is 0 Å². The van der Waals surface area contributed by atoms with E-state index in [1.165, 1.54) is 0 Å². The summed E-state index contributed by atoms with van der Waals surface area (Å²) in [5.41, 5.74) is 0. The van der Waals surface area contributed by atoms with Crippen LogP contribution in [0.25, 0.3) is 0 Å². The summed E-state index contributed by atoms with van der Waals surface area (Å²) in [6, 6.07) is 0.172. The number of carbonyl (C=O) groups is 1. The van der Waals surface area contributed by atoms with Gasteiger partial charge in [-0.15, -0.1) is 0 Å². The van der Waals surface area contributed by atoms with Gasteiger partial charge in [0, 0.05) is 19.1 Å². The van der Waals surface area contributed by atoms with Gasteiger partial charge in [-0.2, -0.15) is 0 Å². The second-order valence-electron chi connectivity index (χ2n) is 3.80. The quantitative estimate of drug-likeness (QED) is 0.669. The molecule has 0 aromatic heterocycles. The third-order valence-electron chi connectivity index (χ3n) is 2.59. The highest BCUT2D eigenvalue weighted by molar-refractivity contribution is 5.70. The molecule has 82 valence electrons. The first-order chi connectivity index (χ1) is 6.63. The van der Waals surface area contributed by atoms with Gasteiger partial charge in [0.1, 0.15) is 0 Å². The first kappa shape index (κ1) is 11.5. The molecule has 0 bridgehead atoms. The van der Waals surface area contributed by atoms with Crippen molar-refractivity contribution in [3.8, 4) is 0 Å². The van der Waals surface area contributed by atoms with Crippen molar-refractivity contribution in [3.05, 3.63) is 0 Å². The van der Waals surface area contributed by atoms with Crippen LogP contribution < -0.4 is 0 Å². The number of nitrogens with zero attached hydrogens (tertiary/aromatic N) is 1. The van der Waals surface area contributed by atoms with Crippen molar-refractivity contribution in [1.29, 1.82) is 0 Å². The maximum Gasteiger partial charge on any atom is 0.307 e. The molecular formula is C10H19NO3. The minimum atomic E-state index is -0.223. The SMILES string of the molecule is CCOC(=O)CC(C)N1CCC(O)C1. The zero-order valence-electron chi connectivity index (χ0n) is 8.90. The fourth-order valence-electron chi connectivity index (χ4n) is 1.76. The number of aliphatic hydroxyl groups is 1. The number of ether oxygens (including phenoxy) is 1. The normalized spacial score (nSPS) is 24.9. The fraction of sp³-hybridized carbons (Fsp3) is 0.900. The van der Waals surface area contributed by atoms with Crippen LogP contribution >= 0.6 is 0 Å². The first-order valence-corrected chi connectivity index (χ1v) is 5.21. The average molecular weight is 201 g/mol. The number of rotatable bonds is 4. The number of carbonyl (C=O) groups excluding carboxylic acids is 1. The standard InChI is InChI=1S/C10H19NO3/c1-3-14-10(13)6-8(2)11-5-4-9(12)7-11/h8-9,12H,3-7H2,1-2H3. The van der Waals surface area contributed by atoms with Gasteiger partial charge in [0.05, 0.1) is 19.1 Å². The van der Waals surface area contributed by atoms with Crippen LogP contribution in [0.4, 0.5) is 0 Å². The number of esters is 1. The molecule has 0 aliphatic carbocycles. The number of aliphatic hydroxyl groups excluding tert-OH is 1. The molecular weight excluding hydrogens is 182 g/mol. The van der Waals surface area contributed by atoms with Gasteiger partial charge >= 0.3 is 5.97 Å². The molecule has 14 heavy (non-hydrogen) atoms. The highest BCUT2D eigenvalue weighted by atomic mass is 16.5. The first-order valence-electron chi connectivity index (χ1n) is 5.21. The van der Waals surface area contributed by atoms with Crippen LogP contribution in [0.2, 0.25) is 0 Å². The molecule has 0 aromatic rings. The Bertz CT molecular complexity index is 196. The van der Waals surface area contributed by atoms with Crippen molar-refractivity contribution < 1.29 is 14.6 Å². The van der Waals surface area contributed by atoms with E-state index in [0.717, 1.165) is 13.0 Å². The molecule has 1 N–H and O–H groups in total. The Morgan fingerprint density at radius 3 is 2.93 bits per heavy atom. The van der Waals surface area contributed by atoms with Crippen LogP contribution in [0.1, 0.15) is 26.7 Å². The molecule has 0 amide bonds. The summed E-state index contributed by atoms with van der Waals surface area (Å²) in [7, 11) is 0. The second kappa shape index (κ2) is 5.32. The maximum atomic E-state index is 11.2. The number of hydrogen-bond acceptors (Lipinski definition) is 4. The van der Waals surface area contributed by atoms with Gasteiger partial charge in [-0.25, -0.2) is 0 Å². The molecule has 1 saturated heterocycles. The lowest BCUT2D eigenvalue weighted by molar-refractivity contribution is -0.144. The zero-order valence-corrected chi connectivity index (χ0v) is 8.90. The molecule has 0 saturated carbocycles. The minimum absolute atomic E-state index is 0.151. The molecule has 2 atom stereocenters. The Kier molecular flexibility index (Phi) is 4.35. The smallest absolute Gasteiger partial charge is 0.307 e. The van der Waals surface area contributed by atoms with Crippen molar-refractivity contribution in [3.63, 3.8) is 0 Å². The predicted molar refractivity (Wildman–Crippen MR) is 52.9 cm³/mol. The van der Waals surface area contributed by atoms with Crippen molar-refractivity contribution in [2.75, 3.05) is 19.7 Å². The van der Waals surface area contributed by atoms with E-state index in [1.807, 2.05) is 13.8 Å². The number of likely N-dealkylation sites (tertiary alicyclic amines) is 1. The average Bonchev–Trinajstić information content (AvgIpc) is 2.52. The molecule has 0 spiro atoms. The van der Waals surface area contributed by atoms with E-state index in [9.17, 15) is 9.90 Å². The molecule has 1 rings (SSSR count). The Balaban J connectivity index is 2.27. The Labute approximate surface area is 84.8 Å². The monoisotopic (exact) mass is 201 g/mol. The molecule has 1 fully saturated rings. The summed E-state index contributed by atoms with van der Waals surface area (Å²) in [6.07, 6.45) is 1.01. The van der Waals surface area contributed by atoms with Gasteiger partial charge in [-0.3, -0.25) is 9.69 Å². The van der Waals surface area contributed by atoms with E-state index >= 15 is 0 Å². The lowest BCUT2D eigenvalue weighted by Crippen LogP contribution is -2.33. The van der Waals surface area contributed by atoms with Gasteiger partial charge in [0.15, 0.2) is 0 Å². The number of β-amino-alcohol motifs (C(OH)–C–C–N with tert-alkyl or cyclic N) is 1. The second-order valence-corrected chi connectivity index (χ2v) is 3.80. The lowest BCUT2D eigenvalue weighted by Gasteiger charge is -2.22. The van der Waals surface area contributed by atoms with Gasteiger partial charge < -0.3 is 9.84 Å². The van der Waals surface area contributed by atoms with E-state index in [-0.39, 0.29) is 18.1 Å². The molecule has 2 unspecified atom stereocenters. The van der Waals surface area contributed by atoms with Crippen LogP contribution in [-0.4, -0.2) is 47.8 Å². The van der Waals surface area contributed by atoms with Crippen LogP contribution in [0, 0.1) is 0 Å². The van der Waals surface area contributed by atoms with Crippen molar-refractivity contribution >= 4 is 5.97 Å². The highest BCUT2D eigenvalue weighted by Gasteiger charge is 2.25. The fourth-order valence-corrected chi connectivity index (χ4v) is 1.76. The predicted octanol–water partition coefficient (Wildman–Crippen LogP) is 0.395. The third kappa shape index (κ3) is 3.27. The molecule has 4 nitrogen and oxygen atoms in total. The molecule has 0 aromatic carbocycles. The van der Waals surface area contributed by atoms with E-state index in [4.69, 9.17) is 4.74 Å². The van der Waals surface area contributed by atoms with Crippen LogP contribution in [-0.2, 0) is 9.53 Å². The summed E-state index contributed by atoms with van der Waals surface area (Å²) in [5, 5.41) is 9.33. The van der Waals surface area contributed by atoms with Crippen molar-refractivity contribution in [2.45, 2.75) is 38.8 Å². The minimum Gasteiger partial charge on any atom is -0.466 e. The summed E-state index contributed by atoms with van der Waals surface area (Å²) >= 11 is 0. The molecule has 4 heteroatoms. The topological polar surface area (TPSA) is 49.8 Å².